The number of carbonyl (C=O) groups excluding carboxylic acids is 2. The van der Waals surface area contributed by atoms with Gasteiger partial charge >= 0.3 is 0 Å². The van der Waals surface area contributed by atoms with E-state index in [9.17, 15) is 23.9 Å². The quantitative estimate of drug-likeness (QED) is 0.620. The maximum absolute atomic E-state index is 13.6. The van der Waals surface area contributed by atoms with E-state index in [2.05, 4.69) is 10.3 Å². The van der Waals surface area contributed by atoms with Gasteiger partial charge in [-0.3, -0.25) is 14.4 Å². The maximum Gasteiger partial charge on any atom is 0.256 e. The summed E-state index contributed by atoms with van der Waals surface area (Å²) in [4.78, 5) is 42.6. The molecule has 4 rings (SSSR count). The summed E-state index contributed by atoms with van der Waals surface area (Å²) in [6.07, 6.45) is 3.22. The third-order valence-electron chi connectivity index (χ3n) is 4.79. The highest BCUT2D eigenvalue weighted by Crippen LogP contribution is 2.27. The van der Waals surface area contributed by atoms with E-state index < -0.39 is 28.8 Å². The second-order valence-electron chi connectivity index (χ2n) is 6.80. The Morgan fingerprint density at radius 1 is 1.29 bits per heavy atom. The number of benzene rings is 1. The molecule has 0 unspecified atom stereocenters. The number of hydrogen-bond acceptors (Lipinski definition) is 6. The molecule has 2 aromatic heterocycles. The lowest BCUT2D eigenvalue weighted by Crippen LogP contribution is -2.39. The second-order valence-corrected chi connectivity index (χ2v) is 7.69. The highest BCUT2D eigenvalue weighted by Gasteiger charge is 2.27. The summed E-state index contributed by atoms with van der Waals surface area (Å²) in [5, 5.41) is 15.2. The monoisotopic (exact) mass is 464 g/mol. The minimum Gasteiger partial charge on any atom is -0.503 e. The number of thiazole rings is 1. The molecule has 162 valence electrons. The lowest BCUT2D eigenvalue weighted by Gasteiger charge is -2.31. The third-order valence-corrected chi connectivity index (χ3v) is 5.60. The van der Waals surface area contributed by atoms with Crippen molar-refractivity contribution in [2.45, 2.75) is 20.0 Å². The Balaban J connectivity index is 0.00000272. The van der Waals surface area contributed by atoms with Crippen LogP contribution < -0.4 is 10.7 Å². The number of nitrogens with zero attached hydrogens (tertiary/aromatic N) is 3. The molecule has 0 radical (unpaired) electrons. The number of rotatable bonds is 3. The molecule has 1 aromatic carbocycles. The zero-order valence-corrected chi connectivity index (χ0v) is 17.9. The largest absolute Gasteiger partial charge is 0.503 e. The first-order chi connectivity index (χ1) is 14.3. The minimum absolute atomic E-state index is 0. The van der Waals surface area contributed by atoms with Crippen molar-refractivity contribution in [3.05, 3.63) is 63.3 Å². The Hall–Kier alpha value is -3.24. The fourth-order valence-corrected chi connectivity index (χ4v) is 4.03. The Morgan fingerprint density at radius 2 is 2.06 bits per heavy atom. The van der Waals surface area contributed by atoms with Gasteiger partial charge in [-0.1, -0.05) is 0 Å². The molecule has 0 saturated carbocycles. The Labute approximate surface area is 186 Å². The van der Waals surface area contributed by atoms with Gasteiger partial charge in [-0.15, -0.1) is 23.7 Å². The molecule has 0 aliphatic carbocycles. The predicted octanol–water partition coefficient (Wildman–Crippen LogP) is 2.85. The molecule has 0 bridgehead atoms. The normalized spacial score (nSPS) is 12.6. The molecule has 0 spiro atoms. The number of amides is 2. The molecule has 31 heavy (non-hydrogen) atoms. The van der Waals surface area contributed by atoms with Crippen LogP contribution in [0.1, 0.15) is 23.0 Å². The SMILES string of the molecule is CC(=O)Nc1cc(F)ccc1C(=O)N1CCn2cc(-c3nccs3)c(=O)c(O)c2C1.Cl. The zero-order chi connectivity index (χ0) is 21.4. The van der Waals surface area contributed by atoms with Crippen LogP contribution in [0.15, 0.2) is 40.8 Å². The molecule has 3 heterocycles. The van der Waals surface area contributed by atoms with Gasteiger partial charge in [0.15, 0.2) is 5.75 Å². The summed E-state index contributed by atoms with van der Waals surface area (Å²) in [5.74, 6) is -1.89. The van der Waals surface area contributed by atoms with Crippen molar-refractivity contribution in [3.63, 3.8) is 0 Å². The van der Waals surface area contributed by atoms with Crippen LogP contribution in [0.5, 0.6) is 5.75 Å². The number of aromatic nitrogens is 2. The molecular weight excluding hydrogens is 447 g/mol. The average Bonchev–Trinajstić information content (AvgIpc) is 3.24. The van der Waals surface area contributed by atoms with Crippen molar-refractivity contribution in [2.24, 2.45) is 0 Å². The van der Waals surface area contributed by atoms with E-state index in [-0.39, 0.29) is 30.2 Å². The highest BCUT2D eigenvalue weighted by molar-refractivity contribution is 7.13. The van der Waals surface area contributed by atoms with Crippen LogP contribution in [0.25, 0.3) is 10.6 Å². The number of nitrogens with one attached hydrogen (secondary N) is 1. The van der Waals surface area contributed by atoms with Crippen molar-refractivity contribution in [1.29, 1.82) is 0 Å². The van der Waals surface area contributed by atoms with Crippen molar-refractivity contribution in [1.82, 2.24) is 14.5 Å². The minimum atomic E-state index is -0.585. The van der Waals surface area contributed by atoms with Gasteiger partial charge in [0.25, 0.3) is 5.91 Å². The fourth-order valence-electron chi connectivity index (χ4n) is 3.39. The molecule has 2 N–H and O–H groups in total. The molecule has 0 atom stereocenters. The van der Waals surface area contributed by atoms with Gasteiger partial charge in [0.1, 0.15) is 10.8 Å². The summed E-state index contributed by atoms with van der Waals surface area (Å²) in [7, 11) is 0. The van der Waals surface area contributed by atoms with E-state index in [4.69, 9.17) is 0 Å². The molecule has 8 nitrogen and oxygen atoms in total. The summed E-state index contributed by atoms with van der Waals surface area (Å²) in [6, 6.07) is 3.52. The summed E-state index contributed by atoms with van der Waals surface area (Å²) in [5.41, 5.74) is 0.256. The zero-order valence-electron chi connectivity index (χ0n) is 16.3. The van der Waals surface area contributed by atoms with E-state index in [0.717, 1.165) is 12.1 Å². The first-order valence-electron chi connectivity index (χ1n) is 9.06. The summed E-state index contributed by atoms with van der Waals surface area (Å²) in [6.45, 7) is 1.92. The van der Waals surface area contributed by atoms with Crippen molar-refractivity contribution in [2.75, 3.05) is 11.9 Å². The van der Waals surface area contributed by atoms with E-state index in [1.807, 2.05) is 0 Å². The van der Waals surface area contributed by atoms with E-state index in [1.165, 1.54) is 29.2 Å². The number of pyridine rings is 1. The first-order valence-corrected chi connectivity index (χ1v) is 9.94. The smallest absolute Gasteiger partial charge is 0.256 e. The van der Waals surface area contributed by atoms with Crippen LogP contribution >= 0.6 is 23.7 Å². The summed E-state index contributed by atoms with van der Waals surface area (Å²) >= 11 is 1.29. The molecule has 0 fully saturated rings. The average molecular weight is 465 g/mol. The predicted molar refractivity (Wildman–Crippen MR) is 116 cm³/mol. The molecule has 1 aliphatic heterocycles. The third kappa shape index (κ3) is 4.30. The Bertz CT molecular complexity index is 1210. The number of aromatic hydroxyl groups is 1. The lowest BCUT2D eigenvalue weighted by molar-refractivity contribution is -0.114. The van der Waals surface area contributed by atoms with Crippen LogP contribution in [-0.4, -0.2) is 37.9 Å². The molecule has 11 heteroatoms. The second kappa shape index (κ2) is 8.86. The van der Waals surface area contributed by atoms with Crippen LogP contribution in [0.4, 0.5) is 10.1 Å². The number of hydrogen-bond donors (Lipinski definition) is 2. The number of carbonyl (C=O) groups is 2. The molecule has 1 aliphatic rings. The topological polar surface area (TPSA) is 105 Å². The summed E-state index contributed by atoms with van der Waals surface area (Å²) < 4.78 is 15.3. The van der Waals surface area contributed by atoms with Gasteiger partial charge in [-0.2, -0.15) is 0 Å². The standard InChI is InChI=1S/C20H17FN4O4S.ClH/c1-11(26)23-15-8-12(21)2-3-13(15)20(29)25-6-5-24-9-14(19-22-4-7-30-19)17(27)18(28)16(24)10-25;/h2-4,7-9,28H,5-6,10H2,1H3,(H,23,26);1H. The number of halogens is 2. The van der Waals surface area contributed by atoms with Crippen LogP contribution in [0, 0.1) is 5.82 Å². The highest BCUT2D eigenvalue weighted by atomic mass is 35.5. The van der Waals surface area contributed by atoms with Gasteiger partial charge in [-0.25, -0.2) is 9.37 Å². The van der Waals surface area contributed by atoms with E-state index >= 15 is 0 Å². The van der Waals surface area contributed by atoms with E-state index in [0.29, 0.717) is 29.4 Å². The Morgan fingerprint density at radius 3 is 2.74 bits per heavy atom. The van der Waals surface area contributed by atoms with E-state index in [1.54, 1.807) is 22.3 Å². The van der Waals surface area contributed by atoms with Gasteiger partial charge in [0.2, 0.25) is 11.3 Å². The Kier molecular flexibility index (Phi) is 6.42. The van der Waals surface area contributed by atoms with Crippen LogP contribution in [-0.2, 0) is 17.9 Å². The maximum atomic E-state index is 13.6. The van der Waals surface area contributed by atoms with Gasteiger partial charge in [0.05, 0.1) is 29.1 Å². The van der Waals surface area contributed by atoms with Gasteiger partial charge in [0, 0.05) is 37.8 Å². The van der Waals surface area contributed by atoms with Crippen LogP contribution in [0.2, 0.25) is 0 Å². The molecule has 2 amide bonds. The van der Waals surface area contributed by atoms with Crippen LogP contribution in [0.3, 0.4) is 0 Å². The van der Waals surface area contributed by atoms with Crippen molar-refractivity contribution in [3.8, 4) is 16.3 Å². The molecule has 0 saturated heterocycles. The number of anilines is 1. The van der Waals surface area contributed by atoms with Gasteiger partial charge in [-0.05, 0) is 18.2 Å². The number of fused-ring (bicyclic) bond motifs is 1. The molecular formula is C20H18ClFN4O4S. The lowest BCUT2D eigenvalue weighted by atomic mass is 10.1. The van der Waals surface area contributed by atoms with Crippen molar-refractivity contribution < 1.29 is 19.1 Å². The fraction of sp³-hybridized carbons (Fsp3) is 0.200. The first kappa shape index (κ1) is 22.4. The van der Waals surface area contributed by atoms with Crippen molar-refractivity contribution >= 4 is 41.2 Å². The van der Waals surface area contributed by atoms with Gasteiger partial charge < -0.3 is 19.9 Å². The molecule has 3 aromatic rings.